The lowest BCUT2D eigenvalue weighted by atomic mass is 10.0. The van der Waals surface area contributed by atoms with E-state index in [4.69, 9.17) is 10.5 Å². The van der Waals surface area contributed by atoms with Crippen molar-refractivity contribution >= 4 is 27.3 Å². The normalized spacial score (nSPS) is 22.9. The summed E-state index contributed by atoms with van der Waals surface area (Å²) in [5.74, 6) is 0. The smallest absolute Gasteiger partial charge is 0.0702 e. The predicted molar refractivity (Wildman–Crippen MR) is 84.6 cm³/mol. The van der Waals surface area contributed by atoms with Crippen molar-refractivity contribution in [2.75, 3.05) is 20.2 Å². The van der Waals surface area contributed by atoms with Gasteiger partial charge in [0.2, 0.25) is 0 Å². The summed E-state index contributed by atoms with van der Waals surface area (Å²) in [6.45, 7) is 4.03. The van der Waals surface area contributed by atoms with Crippen LogP contribution < -0.4 is 5.73 Å². The fraction of sp³-hybridized carbons (Fsp3) is 0.714. The Hall–Kier alpha value is 0.0600. The van der Waals surface area contributed by atoms with Gasteiger partial charge in [-0.15, -0.1) is 11.3 Å². The third kappa shape index (κ3) is 4.02. The molecule has 0 spiro atoms. The molecule has 0 radical (unpaired) electrons. The molecule has 0 aliphatic carbocycles. The van der Waals surface area contributed by atoms with E-state index in [0.717, 1.165) is 24.0 Å². The first-order valence-corrected chi connectivity index (χ1v) is 8.60. The van der Waals surface area contributed by atoms with E-state index >= 15 is 0 Å². The lowest BCUT2D eigenvalue weighted by molar-refractivity contribution is 0.0635. The van der Waals surface area contributed by atoms with Crippen LogP contribution in [0.1, 0.15) is 37.1 Å². The average Bonchev–Trinajstić information content (AvgIpc) is 3.01. The second kappa shape index (κ2) is 7.18. The fourth-order valence-corrected chi connectivity index (χ4v) is 4.37. The summed E-state index contributed by atoms with van der Waals surface area (Å²) >= 11 is 5.31. The third-order valence-electron chi connectivity index (χ3n) is 3.75. The Morgan fingerprint density at radius 3 is 2.95 bits per heavy atom. The molecule has 2 N–H and O–H groups in total. The molecule has 3 unspecified atom stereocenters. The van der Waals surface area contributed by atoms with Crippen molar-refractivity contribution in [1.29, 1.82) is 0 Å². The molecule has 1 saturated heterocycles. The predicted octanol–water partition coefficient (Wildman–Crippen LogP) is 3.40. The molecule has 5 heteroatoms. The molecule has 0 amide bonds. The molecular weight excluding hydrogens is 324 g/mol. The maximum atomic E-state index is 6.34. The number of hydrogen-bond donors (Lipinski definition) is 1. The first-order valence-electron chi connectivity index (χ1n) is 6.93. The summed E-state index contributed by atoms with van der Waals surface area (Å²) in [6.07, 6.45) is 3.72. The Bertz CT molecular complexity index is 393. The van der Waals surface area contributed by atoms with Gasteiger partial charge in [-0.25, -0.2) is 0 Å². The Kier molecular flexibility index (Phi) is 5.84. The van der Waals surface area contributed by atoms with Gasteiger partial charge in [0.25, 0.3) is 0 Å². The number of ether oxygens (including phenoxy) is 1. The maximum Gasteiger partial charge on any atom is 0.0702 e. The van der Waals surface area contributed by atoms with Crippen molar-refractivity contribution in [2.24, 2.45) is 5.73 Å². The highest BCUT2D eigenvalue weighted by Crippen LogP contribution is 2.32. The SMILES string of the molecule is CCC(N)C(c1cc(Br)cs1)N(C)CC1CCCO1. The molecule has 1 aliphatic heterocycles. The molecule has 1 aromatic heterocycles. The van der Waals surface area contributed by atoms with Gasteiger partial charge in [0.1, 0.15) is 0 Å². The Labute approximate surface area is 128 Å². The second-order valence-corrected chi connectivity index (χ2v) is 7.12. The molecule has 3 nitrogen and oxygen atoms in total. The van der Waals surface area contributed by atoms with Crippen LogP contribution in [0.4, 0.5) is 0 Å². The van der Waals surface area contributed by atoms with E-state index in [1.54, 1.807) is 11.3 Å². The molecule has 0 aromatic carbocycles. The fourth-order valence-electron chi connectivity index (χ4n) is 2.68. The van der Waals surface area contributed by atoms with Crippen molar-refractivity contribution in [2.45, 2.75) is 44.4 Å². The van der Waals surface area contributed by atoms with Gasteiger partial charge in [-0.1, -0.05) is 6.92 Å². The molecule has 2 heterocycles. The summed E-state index contributed by atoms with van der Waals surface area (Å²) in [4.78, 5) is 3.70. The van der Waals surface area contributed by atoms with Crippen LogP contribution in [0.25, 0.3) is 0 Å². The topological polar surface area (TPSA) is 38.5 Å². The standard InChI is InChI=1S/C14H23BrN2OS/c1-3-12(16)14(13-7-10(15)9-19-13)17(2)8-11-5-4-6-18-11/h7,9,11-12,14H,3-6,8,16H2,1-2H3. The molecular formula is C14H23BrN2OS. The van der Waals surface area contributed by atoms with Crippen LogP contribution in [0.5, 0.6) is 0 Å². The van der Waals surface area contributed by atoms with Gasteiger partial charge in [-0.2, -0.15) is 0 Å². The Balaban J connectivity index is 2.07. The van der Waals surface area contributed by atoms with Gasteiger partial charge >= 0.3 is 0 Å². The number of rotatable bonds is 6. The van der Waals surface area contributed by atoms with Crippen LogP contribution in [0, 0.1) is 0 Å². The third-order valence-corrected chi connectivity index (χ3v) is 5.51. The molecule has 3 atom stereocenters. The zero-order valence-electron chi connectivity index (χ0n) is 11.6. The first-order chi connectivity index (χ1) is 9.11. The number of likely N-dealkylation sites (N-methyl/N-ethyl adjacent to an activating group) is 1. The van der Waals surface area contributed by atoms with Gasteiger partial charge in [0.15, 0.2) is 0 Å². The summed E-state index contributed by atoms with van der Waals surface area (Å²) in [5.41, 5.74) is 6.34. The summed E-state index contributed by atoms with van der Waals surface area (Å²) in [6, 6.07) is 2.64. The van der Waals surface area contributed by atoms with Crippen molar-refractivity contribution in [1.82, 2.24) is 4.90 Å². The van der Waals surface area contributed by atoms with Gasteiger partial charge in [0.05, 0.1) is 12.1 Å². The van der Waals surface area contributed by atoms with Crippen LogP contribution in [-0.4, -0.2) is 37.2 Å². The average molecular weight is 347 g/mol. The van der Waals surface area contributed by atoms with Crippen molar-refractivity contribution < 1.29 is 4.74 Å². The zero-order valence-corrected chi connectivity index (χ0v) is 14.0. The number of nitrogens with zero attached hydrogens (tertiary/aromatic N) is 1. The first kappa shape index (κ1) is 15.4. The minimum Gasteiger partial charge on any atom is -0.377 e. The number of halogens is 1. The summed E-state index contributed by atoms with van der Waals surface area (Å²) in [5, 5.41) is 2.13. The van der Waals surface area contributed by atoms with Crippen molar-refractivity contribution in [3.05, 3.63) is 20.8 Å². The highest BCUT2D eigenvalue weighted by atomic mass is 79.9. The van der Waals surface area contributed by atoms with E-state index < -0.39 is 0 Å². The van der Waals surface area contributed by atoms with E-state index in [1.807, 2.05) is 0 Å². The summed E-state index contributed by atoms with van der Waals surface area (Å²) < 4.78 is 6.88. The Morgan fingerprint density at radius 1 is 1.63 bits per heavy atom. The molecule has 2 rings (SSSR count). The number of thiophene rings is 1. The van der Waals surface area contributed by atoms with E-state index in [2.05, 4.69) is 46.2 Å². The summed E-state index contributed by atoms with van der Waals surface area (Å²) in [7, 11) is 2.16. The van der Waals surface area contributed by atoms with Gasteiger partial charge in [-0.3, -0.25) is 4.90 Å². The monoisotopic (exact) mass is 346 g/mol. The van der Waals surface area contributed by atoms with E-state index in [0.29, 0.717) is 6.10 Å². The highest BCUT2D eigenvalue weighted by Gasteiger charge is 2.27. The lowest BCUT2D eigenvalue weighted by Crippen LogP contribution is -2.41. The second-order valence-electron chi connectivity index (χ2n) is 5.26. The molecule has 1 aromatic rings. The van der Waals surface area contributed by atoms with E-state index in [9.17, 15) is 0 Å². The molecule has 19 heavy (non-hydrogen) atoms. The minimum atomic E-state index is 0.164. The van der Waals surface area contributed by atoms with Crippen LogP contribution in [0.15, 0.2) is 15.9 Å². The number of nitrogens with two attached hydrogens (primary N) is 1. The van der Waals surface area contributed by atoms with Crippen molar-refractivity contribution in [3.8, 4) is 0 Å². The lowest BCUT2D eigenvalue weighted by Gasteiger charge is -2.33. The maximum absolute atomic E-state index is 6.34. The minimum absolute atomic E-state index is 0.164. The van der Waals surface area contributed by atoms with Gasteiger partial charge in [0, 0.05) is 33.9 Å². The Morgan fingerprint density at radius 2 is 2.42 bits per heavy atom. The molecule has 0 saturated carbocycles. The molecule has 0 bridgehead atoms. The molecule has 1 aliphatic rings. The molecule has 1 fully saturated rings. The zero-order chi connectivity index (χ0) is 13.8. The van der Waals surface area contributed by atoms with Crippen LogP contribution in [0.2, 0.25) is 0 Å². The van der Waals surface area contributed by atoms with E-state index in [-0.39, 0.29) is 12.1 Å². The van der Waals surface area contributed by atoms with Crippen LogP contribution in [-0.2, 0) is 4.74 Å². The van der Waals surface area contributed by atoms with Crippen LogP contribution in [0.3, 0.4) is 0 Å². The number of hydrogen-bond acceptors (Lipinski definition) is 4. The van der Waals surface area contributed by atoms with Crippen molar-refractivity contribution in [3.63, 3.8) is 0 Å². The quantitative estimate of drug-likeness (QED) is 0.857. The van der Waals surface area contributed by atoms with Crippen LogP contribution >= 0.6 is 27.3 Å². The van der Waals surface area contributed by atoms with Gasteiger partial charge < -0.3 is 10.5 Å². The van der Waals surface area contributed by atoms with E-state index in [1.165, 1.54) is 17.7 Å². The van der Waals surface area contributed by atoms with Gasteiger partial charge in [-0.05, 0) is 48.3 Å². The highest BCUT2D eigenvalue weighted by molar-refractivity contribution is 9.10. The largest absolute Gasteiger partial charge is 0.377 e. The molecule has 108 valence electrons.